The van der Waals surface area contributed by atoms with E-state index in [0.717, 1.165) is 11.1 Å². The monoisotopic (exact) mass is 164 g/mol. The van der Waals surface area contributed by atoms with Gasteiger partial charge >= 0.3 is 0 Å². The Balaban J connectivity index is 2.97. The van der Waals surface area contributed by atoms with Crippen LogP contribution in [0.4, 0.5) is 4.39 Å². The van der Waals surface area contributed by atoms with Gasteiger partial charge in [0.15, 0.2) is 0 Å². The number of aryl methyl sites for hydroxylation is 2. The number of hydrogen-bond acceptors (Lipinski definition) is 1. The van der Waals surface area contributed by atoms with Crippen LogP contribution in [-0.4, -0.2) is 9.78 Å². The van der Waals surface area contributed by atoms with Gasteiger partial charge in [-0.1, -0.05) is 12.1 Å². The largest absolute Gasteiger partial charge is 0.242 e. The number of aromatic nitrogens is 2. The number of halogens is 1. The van der Waals surface area contributed by atoms with Gasteiger partial charge in [-0.15, -0.1) is 0 Å². The summed E-state index contributed by atoms with van der Waals surface area (Å²) in [5.41, 5.74) is 1.65. The highest BCUT2D eigenvalue weighted by Crippen LogP contribution is 2.19. The number of hydrogen-bond donors (Lipinski definition) is 0. The number of nitrogens with zero attached hydrogens (tertiary/aromatic N) is 2. The molecule has 0 N–H and O–H groups in total. The number of rotatable bonds is 0. The van der Waals surface area contributed by atoms with Crippen LogP contribution in [0.25, 0.3) is 10.9 Å². The lowest BCUT2D eigenvalue weighted by Crippen LogP contribution is -1.92. The highest BCUT2D eigenvalue weighted by molar-refractivity contribution is 5.82. The first-order chi connectivity index (χ1) is 5.70. The third-order valence-corrected chi connectivity index (χ3v) is 2.00. The summed E-state index contributed by atoms with van der Waals surface area (Å²) < 4.78 is 14.6. The molecule has 0 fully saturated rings. The average Bonchev–Trinajstić information content (AvgIpc) is 2.29. The third kappa shape index (κ3) is 0.826. The Morgan fingerprint density at radius 1 is 1.42 bits per heavy atom. The molecular weight excluding hydrogens is 155 g/mol. The molecule has 62 valence electrons. The zero-order valence-electron chi connectivity index (χ0n) is 7.00. The van der Waals surface area contributed by atoms with E-state index in [1.807, 2.05) is 25.1 Å². The molecule has 0 bridgehead atoms. The summed E-state index contributed by atoms with van der Waals surface area (Å²) in [6.45, 7) is 1.88. The molecule has 0 amide bonds. The summed E-state index contributed by atoms with van der Waals surface area (Å²) in [4.78, 5) is 0. The number of benzene rings is 1. The van der Waals surface area contributed by atoms with Crippen LogP contribution in [0.2, 0.25) is 0 Å². The SMILES string of the molecule is Cc1cccc2nn(C)c(F)c12. The minimum Gasteiger partial charge on any atom is -0.242 e. The van der Waals surface area contributed by atoms with Crippen molar-refractivity contribution in [3.63, 3.8) is 0 Å². The van der Waals surface area contributed by atoms with Crippen molar-refractivity contribution < 1.29 is 4.39 Å². The van der Waals surface area contributed by atoms with Crippen molar-refractivity contribution in [1.29, 1.82) is 0 Å². The molecule has 1 aromatic carbocycles. The van der Waals surface area contributed by atoms with E-state index in [2.05, 4.69) is 5.10 Å². The van der Waals surface area contributed by atoms with E-state index in [0.29, 0.717) is 5.39 Å². The lowest BCUT2D eigenvalue weighted by Gasteiger charge is -1.92. The summed E-state index contributed by atoms with van der Waals surface area (Å²) in [5, 5.41) is 4.64. The van der Waals surface area contributed by atoms with Crippen molar-refractivity contribution in [2.24, 2.45) is 7.05 Å². The van der Waals surface area contributed by atoms with E-state index >= 15 is 0 Å². The van der Waals surface area contributed by atoms with Crippen LogP contribution in [0, 0.1) is 12.9 Å². The molecule has 0 aliphatic rings. The predicted octanol–water partition coefficient (Wildman–Crippen LogP) is 2.02. The molecule has 0 atom stereocenters. The molecule has 0 saturated heterocycles. The van der Waals surface area contributed by atoms with Crippen LogP contribution in [0.5, 0.6) is 0 Å². The fraction of sp³-hybridized carbons (Fsp3) is 0.222. The van der Waals surface area contributed by atoms with E-state index in [-0.39, 0.29) is 5.95 Å². The molecule has 3 heteroatoms. The van der Waals surface area contributed by atoms with Crippen LogP contribution in [0.3, 0.4) is 0 Å². The summed E-state index contributed by atoms with van der Waals surface area (Å²) in [5.74, 6) is -0.261. The van der Waals surface area contributed by atoms with E-state index in [1.54, 1.807) is 7.05 Å². The van der Waals surface area contributed by atoms with Gasteiger partial charge < -0.3 is 0 Å². The highest BCUT2D eigenvalue weighted by atomic mass is 19.1. The first-order valence-electron chi connectivity index (χ1n) is 3.78. The zero-order valence-corrected chi connectivity index (χ0v) is 7.00. The minimum atomic E-state index is -0.261. The normalized spacial score (nSPS) is 10.9. The second-order valence-corrected chi connectivity index (χ2v) is 2.88. The van der Waals surface area contributed by atoms with Crippen LogP contribution in [0.15, 0.2) is 18.2 Å². The summed E-state index contributed by atoms with van der Waals surface area (Å²) >= 11 is 0. The summed E-state index contributed by atoms with van der Waals surface area (Å²) in [6, 6.07) is 5.57. The van der Waals surface area contributed by atoms with Crippen LogP contribution < -0.4 is 0 Å². The van der Waals surface area contributed by atoms with Crippen molar-refractivity contribution in [3.05, 3.63) is 29.7 Å². The lowest BCUT2D eigenvalue weighted by molar-refractivity contribution is 0.511. The van der Waals surface area contributed by atoms with Gasteiger partial charge in [0, 0.05) is 7.05 Å². The summed E-state index contributed by atoms with van der Waals surface area (Å²) in [7, 11) is 1.61. The van der Waals surface area contributed by atoms with E-state index in [1.165, 1.54) is 4.68 Å². The lowest BCUT2D eigenvalue weighted by atomic mass is 10.1. The van der Waals surface area contributed by atoms with E-state index < -0.39 is 0 Å². The Morgan fingerprint density at radius 2 is 2.17 bits per heavy atom. The Morgan fingerprint density at radius 3 is 2.83 bits per heavy atom. The minimum absolute atomic E-state index is 0.261. The molecule has 12 heavy (non-hydrogen) atoms. The van der Waals surface area contributed by atoms with Crippen molar-refractivity contribution in [1.82, 2.24) is 9.78 Å². The van der Waals surface area contributed by atoms with Crippen LogP contribution in [-0.2, 0) is 7.05 Å². The van der Waals surface area contributed by atoms with Crippen molar-refractivity contribution in [2.45, 2.75) is 6.92 Å². The summed E-state index contributed by atoms with van der Waals surface area (Å²) in [6.07, 6.45) is 0. The molecule has 0 radical (unpaired) electrons. The Bertz CT molecular complexity index is 431. The van der Waals surface area contributed by atoms with Gasteiger partial charge in [0.05, 0.1) is 10.9 Å². The average molecular weight is 164 g/mol. The Kier molecular flexibility index (Phi) is 1.40. The molecule has 0 unspecified atom stereocenters. The molecule has 2 rings (SSSR count). The van der Waals surface area contributed by atoms with Crippen LogP contribution >= 0.6 is 0 Å². The van der Waals surface area contributed by atoms with Crippen LogP contribution in [0.1, 0.15) is 5.56 Å². The molecule has 0 spiro atoms. The first-order valence-corrected chi connectivity index (χ1v) is 3.78. The molecule has 2 nitrogen and oxygen atoms in total. The smallest absolute Gasteiger partial charge is 0.219 e. The highest BCUT2D eigenvalue weighted by Gasteiger charge is 2.08. The molecular formula is C9H9FN2. The predicted molar refractivity (Wildman–Crippen MR) is 45.4 cm³/mol. The van der Waals surface area contributed by atoms with Gasteiger partial charge in [0.1, 0.15) is 0 Å². The Hall–Kier alpha value is -1.38. The molecule has 1 heterocycles. The first kappa shape index (κ1) is 7.28. The second kappa shape index (κ2) is 2.30. The third-order valence-electron chi connectivity index (χ3n) is 2.00. The van der Waals surface area contributed by atoms with Crippen molar-refractivity contribution >= 4 is 10.9 Å². The zero-order chi connectivity index (χ0) is 8.72. The van der Waals surface area contributed by atoms with E-state index in [9.17, 15) is 4.39 Å². The molecule has 0 aliphatic carbocycles. The van der Waals surface area contributed by atoms with Gasteiger partial charge in [0.2, 0.25) is 5.95 Å². The second-order valence-electron chi connectivity index (χ2n) is 2.88. The quantitative estimate of drug-likeness (QED) is 0.582. The van der Waals surface area contributed by atoms with Crippen molar-refractivity contribution in [3.8, 4) is 0 Å². The maximum atomic E-state index is 13.3. The number of fused-ring (bicyclic) bond motifs is 1. The molecule has 2 aromatic rings. The van der Waals surface area contributed by atoms with Gasteiger partial charge in [0.25, 0.3) is 0 Å². The fourth-order valence-corrected chi connectivity index (χ4v) is 1.37. The maximum Gasteiger partial charge on any atom is 0.219 e. The maximum absolute atomic E-state index is 13.3. The van der Waals surface area contributed by atoms with Gasteiger partial charge in [-0.05, 0) is 18.6 Å². The van der Waals surface area contributed by atoms with Crippen molar-refractivity contribution in [2.75, 3.05) is 0 Å². The van der Waals surface area contributed by atoms with Gasteiger partial charge in [-0.3, -0.25) is 0 Å². The molecule has 1 aromatic heterocycles. The topological polar surface area (TPSA) is 17.8 Å². The fourth-order valence-electron chi connectivity index (χ4n) is 1.37. The van der Waals surface area contributed by atoms with Gasteiger partial charge in [-0.25, -0.2) is 4.68 Å². The van der Waals surface area contributed by atoms with Gasteiger partial charge in [-0.2, -0.15) is 9.49 Å². The van der Waals surface area contributed by atoms with E-state index in [4.69, 9.17) is 0 Å². The molecule has 0 saturated carbocycles. The molecule has 0 aliphatic heterocycles. The Labute approximate surface area is 69.6 Å². The standard InChI is InChI=1S/C9H9FN2/c1-6-4-3-5-7-8(6)9(10)12(2)11-7/h3-5H,1-2H3.